The Morgan fingerprint density at radius 3 is 2.78 bits per heavy atom. The third-order valence-electron chi connectivity index (χ3n) is 3.98. The monoisotopic (exact) mass is 251 g/mol. The fraction of sp³-hybridized carbons (Fsp3) is 0.600. The van der Waals surface area contributed by atoms with Crippen molar-refractivity contribution in [1.29, 1.82) is 0 Å². The van der Waals surface area contributed by atoms with Crippen molar-refractivity contribution in [2.24, 2.45) is 0 Å². The summed E-state index contributed by atoms with van der Waals surface area (Å²) in [5, 5.41) is 9.84. The number of aliphatic hydroxyl groups is 1. The van der Waals surface area contributed by atoms with Gasteiger partial charge in [-0.05, 0) is 39.2 Å². The Labute approximate surface area is 108 Å². The Morgan fingerprint density at radius 1 is 1.44 bits per heavy atom. The van der Waals surface area contributed by atoms with Crippen LogP contribution in [-0.2, 0) is 0 Å². The minimum atomic E-state index is -0.638. The lowest BCUT2D eigenvalue weighted by Crippen LogP contribution is -2.35. The van der Waals surface area contributed by atoms with Crippen molar-refractivity contribution in [3.8, 4) is 0 Å². The van der Waals surface area contributed by atoms with E-state index in [0.717, 1.165) is 19.3 Å². The molecule has 0 aromatic heterocycles. The van der Waals surface area contributed by atoms with Gasteiger partial charge in [0, 0.05) is 17.6 Å². The van der Waals surface area contributed by atoms with Gasteiger partial charge in [-0.1, -0.05) is 19.1 Å². The Kier molecular flexibility index (Phi) is 3.91. The number of anilines is 1. The molecule has 1 aliphatic heterocycles. The molecule has 1 N–H and O–H groups in total. The number of nitrogens with zero attached hydrogens (tertiary/aromatic N) is 1. The molecule has 0 radical (unpaired) electrons. The number of halogens is 1. The van der Waals surface area contributed by atoms with E-state index < -0.39 is 6.10 Å². The van der Waals surface area contributed by atoms with Gasteiger partial charge in [0.15, 0.2) is 0 Å². The van der Waals surface area contributed by atoms with Crippen LogP contribution in [0, 0.1) is 5.82 Å². The predicted octanol–water partition coefficient (Wildman–Crippen LogP) is 3.65. The fourth-order valence-corrected chi connectivity index (χ4v) is 3.02. The molecule has 0 aliphatic carbocycles. The molecule has 100 valence electrons. The van der Waals surface area contributed by atoms with E-state index in [1.54, 1.807) is 13.0 Å². The van der Waals surface area contributed by atoms with Crippen LogP contribution in [0.15, 0.2) is 18.2 Å². The summed E-state index contributed by atoms with van der Waals surface area (Å²) in [6, 6.07) is 5.70. The maximum absolute atomic E-state index is 14.2. The van der Waals surface area contributed by atoms with Gasteiger partial charge in [-0.15, -0.1) is 0 Å². The highest BCUT2D eigenvalue weighted by Crippen LogP contribution is 2.38. The Bertz CT molecular complexity index is 419. The van der Waals surface area contributed by atoms with Crippen molar-refractivity contribution in [1.82, 2.24) is 0 Å². The van der Waals surface area contributed by atoms with Gasteiger partial charge in [0.25, 0.3) is 0 Å². The molecular weight excluding hydrogens is 229 g/mol. The average Bonchev–Trinajstić information content (AvgIpc) is 2.70. The van der Waals surface area contributed by atoms with E-state index in [4.69, 9.17) is 0 Å². The zero-order valence-corrected chi connectivity index (χ0v) is 11.4. The van der Waals surface area contributed by atoms with Crippen molar-refractivity contribution in [2.45, 2.75) is 58.2 Å². The van der Waals surface area contributed by atoms with Gasteiger partial charge in [0.1, 0.15) is 5.82 Å². The Morgan fingerprint density at radius 2 is 2.17 bits per heavy atom. The maximum atomic E-state index is 14.2. The summed E-state index contributed by atoms with van der Waals surface area (Å²) in [6.45, 7) is 5.96. The molecule has 18 heavy (non-hydrogen) atoms. The summed E-state index contributed by atoms with van der Waals surface area (Å²) in [5.41, 5.74) is 1.30. The summed E-state index contributed by atoms with van der Waals surface area (Å²) in [7, 11) is 0. The van der Waals surface area contributed by atoms with Crippen molar-refractivity contribution < 1.29 is 9.50 Å². The van der Waals surface area contributed by atoms with E-state index in [9.17, 15) is 9.50 Å². The molecule has 1 aliphatic rings. The first-order chi connectivity index (χ1) is 8.56. The third-order valence-corrected chi connectivity index (χ3v) is 3.98. The van der Waals surface area contributed by atoms with E-state index in [2.05, 4.69) is 18.7 Å². The molecule has 1 saturated heterocycles. The Balaban J connectivity index is 2.48. The molecular formula is C15H22FNO. The van der Waals surface area contributed by atoms with Crippen LogP contribution in [0.4, 0.5) is 10.1 Å². The molecule has 3 unspecified atom stereocenters. The van der Waals surface area contributed by atoms with Crippen molar-refractivity contribution in [3.63, 3.8) is 0 Å². The van der Waals surface area contributed by atoms with Gasteiger partial charge in [0.05, 0.1) is 11.8 Å². The second-order valence-corrected chi connectivity index (χ2v) is 5.25. The first-order valence-electron chi connectivity index (χ1n) is 6.81. The average molecular weight is 251 g/mol. The van der Waals surface area contributed by atoms with E-state index in [1.165, 1.54) is 6.07 Å². The molecule has 2 nitrogen and oxygen atoms in total. The van der Waals surface area contributed by atoms with Gasteiger partial charge in [-0.25, -0.2) is 4.39 Å². The number of aliphatic hydroxyl groups excluding tert-OH is 1. The second kappa shape index (κ2) is 5.27. The maximum Gasteiger partial charge on any atom is 0.146 e. The zero-order valence-electron chi connectivity index (χ0n) is 11.4. The number of rotatable bonds is 3. The van der Waals surface area contributed by atoms with Gasteiger partial charge >= 0.3 is 0 Å². The lowest BCUT2D eigenvalue weighted by atomic mass is 10.0. The highest BCUT2D eigenvalue weighted by molar-refractivity contribution is 5.58. The predicted molar refractivity (Wildman–Crippen MR) is 72.3 cm³/mol. The first kappa shape index (κ1) is 13.3. The van der Waals surface area contributed by atoms with Crippen molar-refractivity contribution >= 4 is 5.69 Å². The summed E-state index contributed by atoms with van der Waals surface area (Å²) in [5.74, 6) is -0.222. The topological polar surface area (TPSA) is 23.5 Å². The third kappa shape index (κ3) is 2.24. The van der Waals surface area contributed by atoms with E-state index in [-0.39, 0.29) is 5.82 Å². The lowest BCUT2D eigenvalue weighted by Gasteiger charge is -2.33. The molecule has 3 heteroatoms. The van der Waals surface area contributed by atoms with Gasteiger partial charge in [0.2, 0.25) is 0 Å². The molecule has 1 aromatic rings. The minimum absolute atomic E-state index is 0.222. The SMILES string of the molecule is CCC1CCC(C)N1c1c(F)cccc1C(C)O. The van der Waals surface area contributed by atoms with E-state index in [1.807, 2.05) is 6.07 Å². The first-order valence-corrected chi connectivity index (χ1v) is 6.81. The van der Waals surface area contributed by atoms with Crippen LogP contribution in [0.2, 0.25) is 0 Å². The van der Waals surface area contributed by atoms with Gasteiger partial charge in [-0.2, -0.15) is 0 Å². The van der Waals surface area contributed by atoms with Crippen LogP contribution in [0.5, 0.6) is 0 Å². The second-order valence-electron chi connectivity index (χ2n) is 5.25. The number of hydrogen-bond acceptors (Lipinski definition) is 2. The molecule has 1 fully saturated rings. The van der Waals surface area contributed by atoms with E-state index in [0.29, 0.717) is 23.3 Å². The molecule has 0 bridgehead atoms. The highest BCUT2D eigenvalue weighted by Gasteiger charge is 2.33. The largest absolute Gasteiger partial charge is 0.389 e. The molecule has 0 spiro atoms. The van der Waals surface area contributed by atoms with Crippen LogP contribution < -0.4 is 4.90 Å². The fourth-order valence-electron chi connectivity index (χ4n) is 3.02. The van der Waals surface area contributed by atoms with Crippen molar-refractivity contribution in [2.75, 3.05) is 4.90 Å². The number of hydrogen-bond donors (Lipinski definition) is 1. The lowest BCUT2D eigenvalue weighted by molar-refractivity contribution is 0.199. The van der Waals surface area contributed by atoms with Gasteiger partial charge < -0.3 is 10.0 Å². The summed E-state index contributed by atoms with van der Waals surface area (Å²) >= 11 is 0. The molecule has 1 aromatic carbocycles. The van der Waals surface area contributed by atoms with Crippen LogP contribution >= 0.6 is 0 Å². The van der Waals surface area contributed by atoms with Crippen LogP contribution in [-0.4, -0.2) is 17.2 Å². The highest BCUT2D eigenvalue weighted by atomic mass is 19.1. The molecule has 3 atom stereocenters. The molecule has 1 heterocycles. The van der Waals surface area contributed by atoms with Gasteiger partial charge in [-0.3, -0.25) is 0 Å². The standard InChI is InChI=1S/C15H22FNO/c1-4-12-9-8-10(2)17(12)15-13(11(3)18)6-5-7-14(15)16/h5-7,10-12,18H,4,8-9H2,1-3H3. The number of benzene rings is 1. The van der Waals surface area contributed by atoms with E-state index >= 15 is 0 Å². The quantitative estimate of drug-likeness (QED) is 0.886. The Hall–Kier alpha value is -1.09. The molecule has 2 rings (SSSR count). The number of para-hydroxylation sites is 1. The van der Waals surface area contributed by atoms with Crippen LogP contribution in [0.1, 0.15) is 51.7 Å². The smallest absolute Gasteiger partial charge is 0.146 e. The van der Waals surface area contributed by atoms with Crippen molar-refractivity contribution in [3.05, 3.63) is 29.6 Å². The summed E-state index contributed by atoms with van der Waals surface area (Å²) in [4.78, 5) is 2.16. The molecule has 0 amide bonds. The summed E-state index contributed by atoms with van der Waals surface area (Å²) < 4.78 is 14.2. The minimum Gasteiger partial charge on any atom is -0.389 e. The summed E-state index contributed by atoms with van der Waals surface area (Å²) in [6.07, 6.45) is 2.57. The van der Waals surface area contributed by atoms with Crippen LogP contribution in [0.3, 0.4) is 0 Å². The normalized spacial score (nSPS) is 25.5. The zero-order chi connectivity index (χ0) is 13.3. The molecule has 0 saturated carbocycles. The van der Waals surface area contributed by atoms with Crippen LogP contribution in [0.25, 0.3) is 0 Å².